The lowest BCUT2D eigenvalue weighted by atomic mass is 10.1. The molecule has 17 nitrogen and oxygen atoms in total. The third kappa shape index (κ3) is 17.5. The molecule has 0 saturated carbocycles. The first kappa shape index (κ1) is 63.8. The molecule has 0 saturated heterocycles. The topological polar surface area (TPSA) is 181 Å². The average molecular weight is 912 g/mol. The molecule has 3 aromatic rings. The molecule has 0 bridgehead atoms. The van der Waals surface area contributed by atoms with Gasteiger partial charge in [0.2, 0.25) is 0 Å². The van der Waals surface area contributed by atoms with E-state index >= 15 is 0 Å². The molecule has 0 aliphatic carbocycles. The van der Waals surface area contributed by atoms with Crippen molar-refractivity contribution in [2.75, 3.05) is 0 Å². The molecule has 3 heterocycles. The minimum Gasteiger partial charge on any atom is -0.458 e. The van der Waals surface area contributed by atoms with Crippen LogP contribution in [0, 0.1) is 0 Å². The second kappa shape index (κ2) is 20.4. The van der Waals surface area contributed by atoms with Gasteiger partial charge in [0.15, 0.2) is 0 Å². The SMILES string of the molecule is C.C.C.CC(C)(C)Oc1nc(OC(C)(C)C)nc(OC(C)(C)C)n1.CC(C)(C)n1c(=O)n(C(C)(C)C)c(=O)n(C(C)(C)C)c1=O.CC(C)(C)n1c(=O)n(C(C)(C)C)n(C(C)(C)C)c1=O. The molecule has 17 heteroatoms. The van der Waals surface area contributed by atoms with Gasteiger partial charge < -0.3 is 14.2 Å². The Morgan fingerprint density at radius 3 is 0.562 bits per heavy atom. The first-order chi connectivity index (χ1) is 26.5. The summed E-state index contributed by atoms with van der Waals surface area (Å²) in [5.41, 5.74) is -6.98. The molecule has 0 radical (unpaired) electrons. The quantitative estimate of drug-likeness (QED) is 0.245. The van der Waals surface area contributed by atoms with E-state index in [1.54, 1.807) is 71.7 Å². The van der Waals surface area contributed by atoms with Crippen LogP contribution in [0.3, 0.4) is 0 Å². The highest BCUT2D eigenvalue weighted by molar-refractivity contribution is 5.11. The van der Waals surface area contributed by atoms with Crippen LogP contribution in [0.25, 0.3) is 0 Å². The zero-order valence-corrected chi connectivity index (χ0v) is 42.8. The average Bonchev–Trinajstić information content (AvgIpc) is 3.19. The molecular formula is C47H93N9O8. The standard InChI is InChI=1S/2C15H27N3O3.C14H27N3O2.3CH4/c1-13(2,3)19-10-16-11(20-14(4,5)6)18-12(17-10)21-15(7,8)9;1-13(2,3)16-10(19)17(14(4,5)6)12(21)18(11(16)20)15(7,8)9;1-12(2,3)15-10(18)16(13(4,5)6)17(11(15)19)14(7,8)9;;;/h2*1-9H3;1-9H3;3*1H4. The van der Waals surface area contributed by atoms with Crippen LogP contribution in [-0.2, 0) is 33.2 Å². The number of ether oxygens (including phenoxy) is 3. The summed E-state index contributed by atoms with van der Waals surface area (Å²) < 4.78 is 25.0. The lowest BCUT2D eigenvalue weighted by Crippen LogP contribution is -2.63. The molecule has 3 aromatic heterocycles. The molecule has 0 aromatic carbocycles. The van der Waals surface area contributed by atoms with Gasteiger partial charge in [0.05, 0.1) is 11.1 Å². The van der Waals surface area contributed by atoms with Gasteiger partial charge in [-0.25, -0.2) is 51.6 Å². The van der Waals surface area contributed by atoms with Crippen molar-refractivity contribution in [2.24, 2.45) is 0 Å². The summed E-state index contributed by atoms with van der Waals surface area (Å²) in [5, 5.41) is 0. The third-order valence-corrected chi connectivity index (χ3v) is 7.81. The molecule has 374 valence electrons. The van der Waals surface area contributed by atoms with Gasteiger partial charge in [0, 0.05) is 22.2 Å². The highest BCUT2D eigenvalue weighted by Crippen LogP contribution is 2.24. The third-order valence-electron chi connectivity index (χ3n) is 7.81. The van der Waals surface area contributed by atoms with E-state index in [0.717, 1.165) is 13.7 Å². The predicted octanol–water partition coefficient (Wildman–Crippen LogP) is 8.83. The van der Waals surface area contributed by atoms with Crippen LogP contribution in [0.5, 0.6) is 18.0 Å². The van der Waals surface area contributed by atoms with Crippen molar-refractivity contribution in [1.29, 1.82) is 0 Å². The van der Waals surface area contributed by atoms with Crippen LogP contribution in [0.1, 0.15) is 209 Å². The van der Waals surface area contributed by atoms with Gasteiger partial charge in [-0.3, -0.25) is 0 Å². The molecule has 3 rings (SSSR count). The summed E-state index contributed by atoms with van der Waals surface area (Å²) in [5.74, 6) is 0. The summed E-state index contributed by atoms with van der Waals surface area (Å²) >= 11 is 0. The fourth-order valence-electron chi connectivity index (χ4n) is 5.74. The number of aromatic nitrogens is 9. The van der Waals surface area contributed by atoms with E-state index in [1.807, 2.05) is 125 Å². The normalized spacial score (nSPS) is 12.9. The van der Waals surface area contributed by atoms with Crippen LogP contribution in [0.2, 0.25) is 0 Å². The summed E-state index contributed by atoms with van der Waals surface area (Å²) in [6.45, 7) is 50.5. The van der Waals surface area contributed by atoms with E-state index in [9.17, 15) is 24.0 Å². The molecule has 0 N–H and O–H groups in total. The Morgan fingerprint density at radius 1 is 0.281 bits per heavy atom. The lowest BCUT2D eigenvalue weighted by molar-refractivity contribution is 0.0811. The van der Waals surface area contributed by atoms with Crippen molar-refractivity contribution in [1.82, 2.24) is 42.6 Å². The van der Waals surface area contributed by atoms with Gasteiger partial charge in [0.1, 0.15) is 16.8 Å². The molecule has 0 atom stereocenters. The summed E-state index contributed by atoms with van der Waals surface area (Å²) in [6, 6.07) is 0.572. The van der Waals surface area contributed by atoms with Crippen molar-refractivity contribution in [3.05, 3.63) is 52.4 Å². The maximum absolute atomic E-state index is 12.7. The van der Waals surface area contributed by atoms with Gasteiger partial charge in [-0.05, 0) is 187 Å². The molecule has 0 aliphatic heterocycles. The smallest absolute Gasteiger partial charge is 0.348 e. The van der Waals surface area contributed by atoms with Crippen LogP contribution >= 0.6 is 0 Å². The Bertz CT molecular complexity index is 2030. The summed E-state index contributed by atoms with van der Waals surface area (Å²) in [6.07, 6.45) is 0. The molecular weight excluding hydrogens is 819 g/mol. The maximum atomic E-state index is 12.7. The second-order valence-electron chi connectivity index (χ2n) is 24.2. The zero-order chi connectivity index (χ0) is 48.8. The molecule has 0 unspecified atom stereocenters. The fraction of sp³-hybridized carbons (Fsp3) is 0.830. The molecule has 64 heavy (non-hydrogen) atoms. The fourth-order valence-corrected chi connectivity index (χ4v) is 5.74. The largest absolute Gasteiger partial charge is 0.458 e. The van der Waals surface area contributed by atoms with Gasteiger partial charge in [-0.1, -0.05) is 22.3 Å². The Labute approximate surface area is 385 Å². The van der Waals surface area contributed by atoms with E-state index in [4.69, 9.17) is 14.2 Å². The lowest BCUT2D eigenvalue weighted by Gasteiger charge is -2.31. The summed E-state index contributed by atoms with van der Waals surface area (Å²) in [4.78, 5) is 76.0. The summed E-state index contributed by atoms with van der Waals surface area (Å²) in [7, 11) is 0. The van der Waals surface area contributed by atoms with Crippen molar-refractivity contribution >= 4 is 0 Å². The number of hydrogen-bond acceptors (Lipinski definition) is 11. The van der Waals surface area contributed by atoms with Crippen LogP contribution in [0.4, 0.5) is 0 Å². The number of hydrogen-bond donors (Lipinski definition) is 0. The van der Waals surface area contributed by atoms with Crippen LogP contribution in [0.15, 0.2) is 24.0 Å². The van der Waals surface area contributed by atoms with E-state index in [-0.39, 0.29) is 51.7 Å². The van der Waals surface area contributed by atoms with Gasteiger partial charge in [-0.15, -0.1) is 15.0 Å². The van der Waals surface area contributed by atoms with Gasteiger partial charge >= 0.3 is 46.5 Å². The number of nitrogens with zero attached hydrogens (tertiary/aromatic N) is 9. The molecule has 0 amide bonds. The van der Waals surface area contributed by atoms with E-state index in [0.29, 0.717) is 0 Å². The minimum atomic E-state index is -0.706. The second-order valence-corrected chi connectivity index (χ2v) is 24.2. The Hall–Kier alpha value is -4.44. The first-order valence-corrected chi connectivity index (χ1v) is 20.9. The van der Waals surface area contributed by atoms with Gasteiger partial charge in [-0.2, -0.15) is 0 Å². The number of rotatable bonds is 3. The highest BCUT2D eigenvalue weighted by Gasteiger charge is 2.35. The highest BCUT2D eigenvalue weighted by atomic mass is 16.6. The van der Waals surface area contributed by atoms with Crippen molar-refractivity contribution < 1.29 is 14.2 Å². The van der Waals surface area contributed by atoms with Crippen LogP contribution in [-0.4, -0.2) is 59.4 Å². The van der Waals surface area contributed by atoms with Crippen molar-refractivity contribution in [3.8, 4) is 18.0 Å². The van der Waals surface area contributed by atoms with Crippen molar-refractivity contribution in [3.63, 3.8) is 0 Å². The van der Waals surface area contributed by atoms with E-state index < -0.39 is 67.1 Å². The van der Waals surface area contributed by atoms with E-state index in [1.165, 1.54) is 4.57 Å². The maximum Gasteiger partial charge on any atom is 0.348 e. The monoisotopic (exact) mass is 912 g/mol. The van der Waals surface area contributed by atoms with Gasteiger partial charge in [0.25, 0.3) is 0 Å². The Morgan fingerprint density at radius 2 is 0.438 bits per heavy atom. The van der Waals surface area contributed by atoms with E-state index in [2.05, 4.69) is 15.0 Å². The minimum absolute atomic E-state index is 0. The first-order valence-electron chi connectivity index (χ1n) is 20.9. The van der Waals surface area contributed by atoms with Crippen molar-refractivity contribution in [2.45, 2.75) is 259 Å². The Balaban J connectivity index is -0.000000853. The Kier molecular flexibility index (Phi) is 20.3. The molecule has 0 fully saturated rings. The van der Waals surface area contributed by atoms with Crippen LogP contribution < -0.4 is 42.7 Å². The zero-order valence-electron chi connectivity index (χ0n) is 42.8. The predicted molar refractivity (Wildman–Crippen MR) is 263 cm³/mol. The molecule has 0 aliphatic rings. The molecule has 0 spiro atoms.